The monoisotopic (exact) mass is 279 g/mol. The van der Waals surface area contributed by atoms with Crippen LogP contribution in [-0.4, -0.2) is 9.67 Å². The molecule has 1 aliphatic heterocycles. The van der Waals surface area contributed by atoms with Crippen LogP contribution in [0.25, 0.3) is 10.8 Å². The third-order valence-corrected chi connectivity index (χ3v) is 3.93. The van der Waals surface area contributed by atoms with Gasteiger partial charge in [-0.3, -0.25) is 4.79 Å². The number of pyridine rings is 1. The van der Waals surface area contributed by atoms with Crippen LogP contribution in [0.3, 0.4) is 0 Å². The Morgan fingerprint density at radius 2 is 2.00 bits per heavy atom. The number of benzene rings is 1. The summed E-state index contributed by atoms with van der Waals surface area (Å²) in [4.78, 5) is 12.1. The number of halogens is 1. The molecule has 1 aliphatic rings. The second-order valence-electron chi connectivity index (χ2n) is 4.01. The Kier molecular flexibility index (Phi) is 2.16. The summed E-state index contributed by atoms with van der Waals surface area (Å²) in [6.07, 6.45) is 0.0798. The van der Waals surface area contributed by atoms with Crippen LogP contribution in [0.5, 0.6) is 0 Å². The lowest BCUT2D eigenvalue weighted by atomic mass is 10.1. The van der Waals surface area contributed by atoms with Crippen molar-refractivity contribution in [3.63, 3.8) is 0 Å². The van der Waals surface area contributed by atoms with Crippen LogP contribution >= 0.6 is 15.9 Å². The summed E-state index contributed by atoms with van der Waals surface area (Å²) in [5, 5.41) is 11.4. The fraction of sp³-hybridized carbons (Fsp3) is 0.250. The maximum Gasteiger partial charge on any atom is 0.258 e. The van der Waals surface area contributed by atoms with Gasteiger partial charge < -0.3 is 9.67 Å². The Balaban J connectivity index is 2.54. The first kappa shape index (κ1) is 10.1. The van der Waals surface area contributed by atoms with Gasteiger partial charge in [-0.1, -0.05) is 18.2 Å². The van der Waals surface area contributed by atoms with E-state index >= 15 is 0 Å². The predicted octanol–water partition coefficient (Wildman–Crippen LogP) is 2.20. The van der Waals surface area contributed by atoms with E-state index in [-0.39, 0.29) is 5.56 Å². The topological polar surface area (TPSA) is 42.2 Å². The molecule has 4 heteroatoms. The summed E-state index contributed by atoms with van der Waals surface area (Å²) < 4.78 is 2.50. The molecule has 0 aliphatic carbocycles. The van der Waals surface area contributed by atoms with Gasteiger partial charge >= 0.3 is 0 Å². The summed E-state index contributed by atoms with van der Waals surface area (Å²) in [6.45, 7) is 0.596. The van der Waals surface area contributed by atoms with Crippen molar-refractivity contribution in [3.05, 3.63) is 44.8 Å². The largest absolute Gasteiger partial charge is 0.387 e. The number of aliphatic hydroxyl groups is 1. The highest BCUT2D eigenvalue weighted by Crippen LogP contribution is 2.34. The van der Waals surface area contributed by atoms with Gasteiger partial charge in [-0.15, -0.1) is 0 Å². The first-order valence-corrected chi connectivity index (χ1v) is 5.98. The minimum absolute atomic E-state index is 0.00894. The molecule has 0 amide bonds. The number of hydrogen-bond acceptors (Lipinski definition) is 2. The van der Waals surface area contributed by atoms with Crippen molar-refractivity contribution in [2.75, 3.05) is 0 Å². The second kappa shape index (κ2) is 3.43. The summed E-state index contributed by atoms with van der Waals surface area (Å²) in [5.74, 6) is 0. The highest BCUT2D eigenvalue weighted by Gasteiger charge is 2.25. The third kappa shape index (κ3) is 1.20. The van der Waals surface area contributed by atoms with Crippen molar-refractivity contribution < 1.29 is 5.11 Å². The molecule has 0 saturated heterocycles. The van der Waals surface area contributed by atoms with E-state index in [1.165, 1.54) is 0 Å². The summed E-state index contributed by atoms with van der Waals surface area (Å²) in [7, 11) is 0. The van der Waals surface area contributed by atoms with Crippen molar-refractivity contribution in [1.82, 2.24) is 4.57 Å². The Labute approximate surface area is 100 Å². The second-order valence-corrected chi connectivity index (χ2v) is 4.80. The molecule has 0 fully saturated rings. The maximum atomic E-state index is 12.1. The molecule has 82 valence electrons. The fourth-order valence-corrected chi connectivity index (χ4v) is 3.13. The SMILES string of the molecule is O=c1c2ccccc2c(Br)c2n1CCC2O. The fourth-order valence-electron chi connectivity index (χ4n) is 2.31. The zero-order chi connectivity index (χ0) is 11.3. The zero-order valence-electron chi connectivity index (χ0n) is 8.48. The molecule has 16 heavy (non-hydrogen) atoms. The minimum atomic E-state index is -0.535. The van der Waals surface area contributed by atoms with E-state index in [1.807, 2.05) is 24.3 Å². The highest BCUT2D eigenvalue weighted by molar-refractivity contribution is 9.10. The molecule has 1 aromatic heterocycles. The van der Waals surface area contributed by atoms with Crippen LogP contribution in [0.2, 0.25) is 0 Å². The molecule has 0 radical (unpaired) electrons. The van der Waals surface area contributed by atoms with E-state index in [0.29, 0.717) is 24.0 Å². The van der Waals surface area contributed by atoms with Crippen LogP contribution < -0.4 is 5.56 Å². The van der Waals surface area contributed by atoms with Gasteiger partial charge in [0.15, 0.2) is 0 Å². The Bertz CT molecular complexity index is 633. The van der Waals surface area contributed by atoms with Gasteiger partial charge in [0.05, 0.1) is 11.8 Å². The Morgan fingerprint density at radius 3 is 2.75 bits per heavy atom. The van der Waals surface area contributed by atoms with Crippen LogP contribution in [0.15, 0.2) is 33.5 Å². The average molecular weight is 280 g/mol. The lowest BCUT2D eigenvalue weighted by Gasteiger charge is -2.10. The van der Waals surface area contributed by atoms with E-state index in [0.717, 1.165) is 9.86 Å². The number of rotatable bonds is 0. The normalized spacial score (nSPS) is 19.0. The van der Waals surface area contributed by atoms with Gasteiger partial charge in [-0.2, -0.15) is 0 Å². The molecule has 2 aromatic rings. The molecule has 1 unspecified atom stereocenters. The van der Waals surface area contributed by atoms with E-state index < -0.39 is 6.10 Å². The standard InChI is InChI=1S/C12H10BrNO2/c13-10-7-3-1-2-4-8(7)12(16)14-6-5-9(15)11(10)14/h1-4,9,15H,5-6H2. The highest BCUT2D eigenvalue weighted by atomic mass is 79.9. The first-order valence-electron chi connectivity index (χ1n) is 5.19. The number of aromatic nitrogens is 1. The predicted molar refractivity (Wildman–Crippen MR) is 65.5 cm³/mol. The number of fused-ring (bicyclic) bond motifs is 2. The molecule has 1 N–H and O–H groups in total. The summed E-state index contributed by atoms with van der Waals surface area (Å²) in [5.41, 5.74) is 0.703. The number of aliphatic hydroxyl groups excluding tert-OH is 1. The molecule has 0 bridgehead atoms. The lowest BCUT2D eigenvalue weighted by molar-refractivity contribution is 0.179. The Morgan fingerprint density at radius 1 is 1.31 bits per heavy atom. The molecule has 3 rings (SSSR count). The molecule has 1 atom stereocenters. The quantitative estimate of drug-likeness (QED) is 0.803. The van der Waals surface area contributed by atoms with Crippen LogP contribution in [0.4, 0.5) is 0 Å². The van der Waals surface area contributed by atoms with Gasteiger partial charge in [0.2, 0.25) is 0 Å². The van der Waals surface area contributed by atoms with E-state index in [9.17, 15) is 9.90 Å². The molecule has 1 aromatic carbocycles. The van der Waals surface area contributed by atoms with E-state index in [2.05, 4.69) is 15.9 Å². The number of nitrogens with zero attached hydrogens (tertiary/aromatic N) is 1. The van der Waals surface area contributed by atoms with E-state index in [4.69, 9.17) is 0 Å². The van der Waals surface area contributed by atoms with Gasteiger partial charge in [0, 0.05) is 21.8 Å². The zero-order valence-corrected chi connectivity index (χ0v) is 10.1. The molecule has 3 nitrogen and oxygen atoms in total. The van der Waals surface area contributed by atoms with Crippen LogP contribution in [-0.2, 0) is 6.54 Å². The Hall–Kier alpha value is -1.13. The molecule has 2 heterocycles. The van der Waals surface area contributed by atoms with E-state index in [1.54, 1.807) is 4.57 Å². The average Bonchev–Trinajstić information content (AvgIpc) is 2.69. The smallest absolute Gasteiger partial charge is 0.258 e. The minimum Gasteiger partial charge on any atom is -0.387 e. The van der Waals surface area contributed by atoms with Crippen molar-refractivity contribution in [2.24, 2.45) is 0 Å². The van der Waals surface area contributed by atoms with Gasteiger partial charge in [0.25, 0.3) is 5.56 Å². The molecule has 0 saturated carbocycles. The molecule has 0 spiro atoms. The van der Waals surface area contributed by atoms with Crippen molar-refractivity contribution in [2.45, 2.75) is 19.1 Å². The van der Waals surface area contributed by atoms with Crippen molar-refractivity contribution in [3.8, 4) is 0 Å². The molecular formula is C12H10BrNO2. The summed E-state index contributed by atoms with van der Waals surface area (Å²) in [6, 6.07) is 7.46. The lowest BCUT2D eigenvalue weighted by Crippen LogP contribution is -2.20. The van der Waals surface area contributed by atoms with Gasteiger partial charge in [-0.05, 0) is 28.4 Å². The van der Waals surface area contributed by atoms with Gasteiger partial charge in [-0.25, -0.2) is 0 Å². The van der Waals surface area contributed by atoms with Gasteiger partial charge in [0.1, 0.15) is 0 Å². The maximum absolute atomic E-state index is 12.1. The van der Waals surface area contributed by atoms with Crippen molar-refractivity contribution >= 4 is 26.7 Å². The van der Waals surface area contributed by atoms with Crippen molar-refractivity contribution in [1.29, 1.82) is 0 Å². The number of hydrogen-bond donors (Lipinski definition) is 1. The third-order valence-electron chi connectivity index (χ3n) is 3.10. The van der Waals surface area contributed by atoms with Crippen LogP contribution in [0.1, 0.15) is 18.2 Å². The first-order chi connectivity index (χ1) is 7.70. The van der Waals surface area contributed by atoms with Crippen LogP contribution in [0, 0.1) is 0 Å². The molecular weight excluding hydrogens is 270 g/mol. The summed E-state index contributed by atoms with van der Waals surface area (Å²) >= 11 is 3.49.